The van der Waals surface area contributed by atoms with Gasteiger partial charge in [0, 0.05) is 25.2 Å². The molecule has 0 fully saturated rings. The Kier molecular flexibility index (Phi) is 3.31. The fourth-order valence-corrected chi connectivity index (χ4v) is 2.78. The zero-order chi connectivity index (χ0) is 11.6. The molecule has 1 aliphatic heterocycles. The molecule has 16 heavy (non-hydrogen) atoms. The molecular weight excluding hydrogens is 196 g/mol. The van der Waals surface area contributed by atoms with Gasteiger partial charge in [-0.1, -0.05) is 38.1 Å². The molecule has 2 heteroatoms. The molecule has 1 heterocycles. The highest BCUT2D eigenvalue weighted by Crippen LogP contribution is 2.32. The van der Waals surface area contributed by atoms with E-state index in [4.69, 9.17) is 5.73 Å². The molecule has 0 bridgehead atoms. The molecule has 1 aromatic rings. The van der Waals surface area contributed by atoms with Crippen molar-refractivity contribution in [2.45, 2.75) is 45.3 Å². The van der Waals surface area contributed by atoms with Crippen LogP contribution in [-0.2, 0) is 13.1 Å². The molecule has 2 rings (SSSR count). The average molecular weight is 218 g/mol. The van der Waals surface area contributed by atoms with Crippen molar-refractivity contribution in [3.8, 4) is 0 Å². The second kappa shape index (κ2) is 4.56. The minimum atomic E-state index is 0.193. The summed E-state index contributed by atoms with van der Waals surface area (Å²) in [5.74, 6) is 0. The minimum absolute atomic E-state index is 0.193. The first kappa shape index (κ1) is 11.6. The van der Waals surface area contributed by atoms with Crippen molar-refractivity contribution in [2.24, 2.45) is 5.73 Å². The van der Waals surface area contributed by atoms with Crippen LogP contribution in [0.5, 0.6) is 0 Å². The standard InChI is InChI=1S/C14H22N2/c1-3-14(4-2,11-15)16-9-12-7-5-6-8-13(12)10-16/h5-8H,3-4,9-11,15H2,1-2H3. The molecule has 0 saturated carbocycles. The van der Waals surface area contributed by atoms with Crippen LogP contribution in [0, 0.1) is 0 Å². The van der Waals surface area contributed by atoms with Crippen molar-refractivity contribution in [3.63, 3.8) is 0 Å². The Morgan fingerprint density at radius 1 is 1.12 bits per heavy atom. The molecule has 0 amide bonds. The lowest BCUT2D eigenvalue weighted by Crippen LogP contribution is -2.50. The molecule has 0 radical (unpaired) electrons. The van der Waals surface area contributed by atoms with Crippen LogP contribution < -0.4 is 5.73 Å². The fourth-order valence-electron chi connectivity index (χ4n) is 2.78. The van der Waals surface area contributed by atoms with Crippen molar-refractivity contribution < 1.29 is 0 Å². The van der Waals surface area contributed by atoms with E-state index >= 15 is 0 Å². The summed E-state index contributed by atoms with van der Waals surface area (Å²) >= 11 is 0. The van der Waals surface area contributed by atoms with E-state index < -0.39 is 0 Å². The van der Waals surface area contributed by atoms with Gasteiger partial charge in [0.15, 0.2) is 0 Å². The SMILES string of the molecule is CCC(CC)(CN)N1Cc2ccccc2C1. The zero-order valence-electron chi connectivity index (χ0n) is 10.4. The maximum absolute atomic E-state index is 6.00. The summed E-state index contributed by atoms with van der Waals surface area (Å²) in [4.78, 5) is 2.55. The van der Waals surface area contributed by atoms with E-state index in [0.717, 1.165) is 32.5 Å². The lowest BCUT2D eigenvalue weighted by molar-refractivity contribution is 0.0823. The van der Waals surface area contributed by atoms with Crippen LogP contribution in [0.1, 0.15) is 37.8 Å². The summed E-state index contributed by atoms with van der Waals surface area (Å²) < 4.78 is 0. The quantitative estimate of drug-likeness (QED) is 0.841. The van der Waals surface area contributed by atoms with E-state index in [0.29, 0.717) is 0 Å². The number of hydrogen-bond donors (Lipinski definition) is 1. The van der Waals surface area contributed by atoms with Gasteiger partial charge in [-0.25, -0.2) is 0 Å². The van der Waals surface area contributed by atoms with Gasteiger partial charge in [0.1, 0.15) is 0 Å². The van der Waals surface area contributed by atoms with Gasteiger partial charge in [-0.15, -0.1) is 0 Å². The Morgan fingerprint density at radius 3 is 2.00 bits per heavy atom. The van der Waals surface area contributed by atoms with E-state index in [2.05, 4.69) is 43.0 Å². The van der Waals surface area contributed by atoms with E-state index in [1.807, 2.05) is 0 Å². The lowest BCUT2D eigenvalue weighted by Gasteiger charge is -2.40. The molecule has 88 valence electrons. The van der Waals surface area contributed by atoms with Crippen LogP contribution in [0.25, 0.3) is 0 Å². The van der Waals surface area contributed by atoms with Gasteiger partial charge in [-0.05, 0) is 24.0 Å². The third-order valence-corrected chi connectivity index (χ3v) is 4.21. The average Bonchev–Trinajstić information content (AvgIpc) is 2.76. The fraction of sp³-hybridized carbons (Fsp3) is 0.571. The smallest absolute Gasteiger partial charge is 0.0333 e. The second-order valence-corrected chi connectivity index (χ2v) is 4.76. The molecule has 1 aromatic carbocycles. The van der Waals surface area contributed by atoms with E-state index in [1.54, 1.807) is 0 Å². The van der Waals surface area contributed by atoms with Crippen molar-refractivity contribution in [1.29, 1.82) is 0 Å². The predicted octanol–water partition coefficient (Wildman–Crippen LogP) is 2.52. The first-order valence-corrected chi connectivity index (χ1v) is 6.27. The summed E-state index contributed by atoms with van der Waals surface area (Å²) in [6, 6.07) is 8.73. The molecule has 0 aliphatic carbocycles. The van der Waals surface area contributed by atoms with Crippen LogP contribution in [0.2, 0.25) is 0 Å². The zero-order valence-corrected chi connectivity index (χ0v) is 10.4. The van der Waals surface area contributed by atoms with Crippen molar-refractivity contribution in [3.05, 3.63) is 35.4 Å². The second-order valence-electron chi connectivity index (χ2n) is 4.76. The first-order valence-electron chi connectivity index (χ1n) is 6.27. The normalized spacial score (nSPS) is 16.4. The highest BCUT2D eigenvalue weighted by Gasteiger charge is 2.35. The topological polar surface area (TPSA) is 29.3 Å². The Hall–Kier alpha value is -0.860. The number of nitrogens with two attached hydrogens (primary N) is 1. The van der Waals surface area contributed by atoms with Crippen LogP contribution in [0.3, 0.4) is 0 Å². The van der Waals surface area contributed by atoms with Gasteiger partial charge in [0.25, 0.3) is 0 Å². The lowest BCUT2D eigenvalue weighted by atomic mass is 9.91. The third-order valence-electron chi connectivity index (χ3n) is 4.21. The third kappa shape index (κ3) is 1.76. The number of hydrogen-bond acceptors (Lipinski definition) is 2. The summed E-state index contributed by atoms with van der Waals surface area (Å²) in [6.45, 7) is 7.39. The van der Waals surface area contributed by atoms with E-state index in [1.165, 1.54) is 11.1 Å². The predicted molar refractivity (Wildman–Crippen MR) is 68.1 cm³/mol. The van der Waals surface area contributed by atoms with Crippen LogP contribution >= 0.6 is 0 Å². The molecule has 0 spiro atoms. The minimum Gasteiger partial charge on any atom is -0.329 e. The van der Waals surface area contributed by atoms with Gasteiger partial charge in [-0.2, -0.15) is 0 Å². The monoisotopic (exact) mass is 218 g/mol. The Labute approximate surface area is 98.4 Å². The number of fused-ring (bicyclic) bond motifs is 1. The molecule has 2 N–H and O–H groups in total. The first-order chi connectivity index (χ1) is 7.75. The molecule has 0 unspecified atom stereocenters. The van der Waals surface area contributed by atoms with E-state index in [9.17, 15) is 0 Å². The van der Waals surface area contributed by atoms with Crippen LogP contribution in [0.4, 0.5) is 0 Å². The van der Waals surface area contributed by atoms with Crippen molar-refractivity contribution in [2.75, 3.05) is 6.54 Å². The molecule has 0 atom stereocenters. The molecule has 0 aromatic heterocycles. The number of benzene rings is 1. The summed E-state index contributed by atoms with van der Waals surface area (Å²) in [5, 5.41) is 0. The highest BCUT2D eigenvalue weighted by atomic mass is 15.2. The Morgan fingerprint density at radius 2 is 1.62 bits per heavy atom. The van der Waals surface area contributed by atoms with Gasteiger partial charge in [-0.3, -0.25) is 4.90 Å². The van der Waals surface area contributed by atoms with Gasteiger partial charge < -0.3 is 5.73 Å². The molecule has 2 nitrogen and oxygen atoms in total. The Bertz CT molecular complexity index is 322. The molecule has 1 aliphatic rings. The number of rotatable bonds is 4. The van der Waals surface area contributed by atoms with Gasteiger partial charge in [0.05, 0.1) is 0 Å². The largest absolute Gasteiger partial charge is 0.329 e. The highest BCUT2D eigenvalue weighted by molar-refractivity contribution is 5.31. The Balaban J connectivity index is 2.21. The molecule has 0 saturated heterocycles. The van der Waals surface area contributed by atoms with Crippen molar-refractivity contribution >= 4 is 0 Å². The summed E-state index contributed by atoms with van der Waals surface area (Å²) in [7, 11) is 0. The summed E-state index contributed by atoms with van der Waals surface area (Å²) in [5.41, 5.74) is 9.14. The van der Waals surface area contributed by atoms with Crippen LogP contribution in [0.15, 0.2) is 24.3 Å². The van der Waals surface area contributed by atoms with Gasteiger partial charge >= 0.3 is 0 Å². The number of nitrogens with zero attached hydrogens (tertiary/aromatic N) is 1. The van der Waals surface area contributed by atoms with E-state index in [-0.39, 0.29) is 5.54 Å². The molecular formula is C14H22N2. The maximum Gasteiger partial charge on any atom is 0.0333 e. The van der Waals surface area contributed by atoms with Crippen molar-refractivity contribution in [1.82, 2.24) is 4.90 Å². The van der Waals surface area contributed by atoms with Gasteiger partial charge in [0.2, 0.25) is 0 Å². The summed E-state index contributed by atoms with van der Waals surface area (Å²) in [6.07, 6.45) is 2.27. The maximum atomic E-state index is 6.00. The van der Waals surface area contributed by atoms with Crippen LogP contribution in [-0.4, -0.2) is 17.0 Å².